The van der Waals surface area contributed by atoms with E-state index in [4.69, 9.17) is 0 Å². The maximum atomic E-state index is 11.6. The van der Waals surface area contributed by atoms with Gasteiger partial charge in [0, 0.05) is 6.20 Å². The minimum absolute atomic E-state index is 0.00445. The molecular weight excluding hydrogens is 278 g/mol. The number of aromatic nitrogens is 1. The molecule has 1 unspecified atom stereocenters. The second-order valence-corrected chi connectivity index (χ2v) is 7.76. The summed E-state index contributed by atoms with van der Waals surface area (Å²) < 4.78 is 25.4. The van der Waals surface area contributed by atoms with Crippen LogP contribution in [-0.4, -0.2) is 38.2 Å². The Kier molecular flexibility index (Phi) is 5.50. The summed E-state index contributed by atoms with van der Waals surface area (Å²) in [6.07, 6.45) is 2.07. The maximum Gasteiger partial charge on any atom is 0.241 e. The van der Waals surface area contributed by atoms with E-state index in [9.17, 15) is 13.5 Å². The summed E-state index contributed by atoms with van der Waals surface area (Å²) in [5.41, 5.74) is 0.0792. The van der Waals surface area contributed by atoms with Gasteiger partial charge in [-0.25, -0.2) is 18.1 Å². The zero-order chi connectivity index (χ0) is 15.4. The Morgan fingerprint density at radius 2 is 2.00 bits per heavy atom. The summed E-state index contributed by atoms with van der Waals surface area (Å²) in [6, 6.07) is 2.96. The number of pyridine rings is 1. The van der Waals surface area contributed by atoms with Crippen molar-refractivity contribution in [3.63, 3.8) is 0 Å². The van der Waals surface area contributed by atoms with Gasteiger partial charge in [0.2, 0.25) is 10.0 Å². The van der Waals surface area contributed by atoms with Gasteiger partial charge < -0.3 is 10.4 Å². The molecule has 0 amide bonds. The van der Waals surface area contributed by atoms with Crippen LogP contribution in [-0.2, 0) is 10.0 Å². The molecule has 20 heavy (non-hydrogen) atoms. The average molecular weight is 301 g/mol. The number of nitrogens with one attached hydrogen (secondary N) is 2. The van der Waals surface area contributed by atoms with E-state index < -0.39 is 10.0 Å². The Morgan fingerprint density at radius 1 is 1.35 bits per heavy atom. The van der Waals surface area contributed by atoms with Crippen molar-refractivity contribution in [2.24, 2.45) is 5.41 Å². The molecular formula is C13H23N3O3S. The van der Waals surface area contributed by atoms with Gasteiger partial charge in [-0.2, -0.15) is 0 Å². The van der Waals surface area contributed by atoms with E-state index in [-0.39, 0.29) is 23.0 Å². The highest BCUT2D eigenvalue weighted by molar-refractivity contribution is 7.89. The van der Waals surface area contributed by atoms with Crippen molar-refractivity contribution in [2.45, 2.75) is 38.1 Å². The first-order valence-electron chi connectivity index (χ1n) is 6.45. The number of nitrogens with zero attached hydrogens (tertiary/aromatic N) is 1. The van der Waals surface area contributed by atoms with Gasteiger partial charge in [0.25, 0.3) is 0 Å². The Bertz CT molecular complexity index is 521. The fourth-order valence-corrected chi connectivity index (χ4v) is 2.53. The number of aliphatic hydroxyl groups is 1. The first kappa shape index (κ1) is 16.9. The molecule has 0 spiro atoms. The van der Waals surface area contributed by atoms with Crippen molar-refractivity contribution in [2.75, 3.05) is 19.0 Å². The fraction of sp³-hybridized carbons (Fsp3) is 0.615. The monoisotopic (exact) mass is 301 g/mol. The predicted octanol–water partition coefficient (Wildman–Crippen LogP) is 1.20. The van der Waals surface area contributed by atoms with E-state index in [0.717, 1.165) is 6.42 Å². The first-order chi connectivity index (χ1) is 9.18. The van der Waals surface area contributed by atoms with E-state index in [1.807, 2.05) is 0 Å². The Balaban J connectivity index is 2.79. The number of hydrogen-bond acceptors (Lipinski definition) is 5. The Hall–Kier alpha value is -1.18. The molecule has 0 saturated carbocycles. The SMILES string of the molecule is CNS(=O)(=O)c1ccc(NC(CO)CC(C)(C)C)nc1. The van der Waals surface area contributed by atoms with Crippen LogP contribution in [0.15, 0.2) is 23.2 Å². The van der Waals surface area contributed by atoms with Gasteiger partial charge in [0.15, 0.2) is 0 Å². The molecule has 1 aromatic rings. The molecule has 0 bridgehead atoms. The maximum absolute atomic E-state index is 11.6. The van der Waals surface area contributed by atoms with Crippen LogP contribution in [0.4, 0.5) is 5.82 Å². The lowest BCUT2D eigenvalue weighted by molar-refractivity contribution is 0.233. The molecule has 7 heteroatoms. The summed E-state index contributed by atoms with van der Waals surface area (Å²) in [7, 11) is -2.11. The minimum Gasteiger partial charge on any atom is -0.394 e. The largest absolute Gasteiger partial charge is 0.394 e. The molecule has 0 aliphatic rings. The topological polar surface area (TPSA) is 91.3 Å². The third-order valence-corrected chi connectivity index (χ3v) is 4.15. The van der Waals surface area contributed by atoms with Gasteiger partial charge in [0.05, 0.1) is 12.6 Å². The molecule has 1 rings (SSSR count). The molecule has 0 aliphatic carbocycles. The van der Waals surface area contributed by atoms with E-state index in [1.165, 1.54) is 19.3 Å². The highest BCUT2D eigenvalue weighted by Gasteiger charge is 2.18. The zero-order valence-electron chi connectivity index (χ0n) is 12.3. The first-order valence-corrected chi connectivity index (χ1v) is 7.93. The van der Waals surface area contributed by atoms with Crippen LogP contribution in [0, 0.1) is 5.41 Å². The van der Waals surface area contributed by atoms with Gasteiger partial charge in [0.1, 0.15) is 10.7 Å². The second kappa shape index (κ2) is 6.51. The molecule has 1 aromatic heterocycles. The lowest BCUT2D eigenvalue weighted by Gasteiger charge is -2.25. The van der Waals surface area contributed by atoms with Crippen LogP contribution in [0.25, 0.3) is 0 Å². The number of rotatable bonds is 6. The molecule has 3 N–H and O–H groups in total. The van der Waals surface area contributed by atoms with Gasteiger partial charge >= 0.3 is 0 Å². The summed E-state index contributed by atoms with van der Waals surface area (Å²) in [5.74, 6) is 0.545. The summed E-state index contributed by atoms with van der Waals surface area (Å²) >= 11 is 0. The molecule has 0 fully saturated rings. The average Bonchev–Trinajstić information content (AvgIpc) is 2.37. The normalized spacial score (nSPS) is 14.1. The van der Waals surface area contributed by atoms with Crippen molar-refractivity contribution >= 4 is 15.8 Å². The standard InChI is InChI=1S/C13H23N3O3S/c1-13(2,3)7-10(9-17)16-12-6-5-11(8-15-12)20(18,19)14-4/h5-6,8,10,14,17H,7,9H2,1-4H3,(H,15,16). The van der Waals surface area contributed by atoms with E-state index in [2.05, 4.69) is 35.8 Å². The highest BCUT2D eigenvalue weighted by Crippen LogP contribution is 2.22. The van der Waals surface area contributed by atoms with Crippen molar-refractivity contribution in [1.82, 2.24) is 9.71 Å². The van der Waals surface area contributed by atoms with Crippen LogP contribution < -0.4 is 10.0 Å². The zero-order valence-corrected chi connectivity index (χ0v) is 13.2. The van der Waals surface area contributed by atoms with Crippen molar-refractivity contribution in [3.05, 3.63) is 18.3 Å². The molecule has 0 aliphatic heterocycles. The van der Waals surface area contributed by atoms with Gasteiger partial charge in [-0.3, -0.25) is 0 Å². The smallest absolute Gasteiger partial charge is 0.241 e. The van der Waals surface area contributed by atoms with Gasteiger partial charge in [-0.1, -0.05) is 20.8 Å². The van der Waals surface area contributed by atoms with Crippen LogP contribution in [0.2, 0.25) is 0 Å². The van der Waals surface area contributed by atoms with Crippen LogP contribution in [0.3, 0.4) is 0 Å². The summed E-state index contributed by atoms with van der Waals surface area (Å²) in [6.45, 7) is 6.27. The third kappa shape index (κ3) is 5.07. The van der Waals surface area contributed by atoms with Crippen molar-refractivity contribution in [3.8, 4) is 0 Å². The predicted molar refractivity (Wildman–Crippen MR) is 79.1 cm³/mol. The third-order valence-electron chi connectivity index (χ3n) is 2.75. The lowest BCUT2D eigenvalue weighted by atomic mass is 9.88. The van der Waals surface area contributed by atoms with Crippen LogP contribution in [0.5, 0.6) is 0 Å². The van der Waals surface area contributed by atoms with Gasteiger partial charge in [-0.05, 0) is 31.0 Å². The Morgan fingerprint density at radius 3 is 2.40 bits per heavy atom. The van der Waals surface area contributed by atoms with E-state index >= 15 is 0 Å². The fourth-order valence-electron chi connectivity index (χ4n) is 1.85. The van der Waals surface area contributed by atoms with Crippen molar-refractivity contribution < 1.29 is 13.5 Å². The van der Waals surface area contributed by atoms with Crippen LogP contribution in [0.1, 0.15) is 27.2 Å². The molecule has 0 aromatic carbocycles. The van der Waals surface area contributed by atoms with Crippen molar-refractivity contribution in [1.29, 1.82) is 0 Å². The van der Waals surface area contributed by atoms with Crippen LogP contribution >= 0.6 is 0 Å². The molecule has 0 radical (unpaired) electrons. The second-order valence-electron chi connectivity index (χ2n) is 5.88. The molecule has 1 atom stereocenters. The number of anilines is 1. The number of hydrogen-bond donors (Lipinski definition) is 3. The number of sulfonamides is 1. The molecule has 1 heterocycles. The van der Waals surface area contributed by atoms with E-state index in [1.54, 1.807) is 6.07 Å². The molecule has 6 nitrogen and oxygen atoms in total. The molecule has 0 saturated heterocycles. The molecule has 114 valence electrons. The minimum atomic E-state index is -3.47. The van der Waals surface area contributed by atoms with Gasteiger partial charge in [-0.15, -0.1) is 0 Å². The Labute approximate surface area is 120 Å². The number of aliphatic hydroxyl groups excluding tert-OH is 1. The quantitative estimate of drug-likeness (QED) is 0.734. The summed E-state index contributed by atoms with van der Waals surface area (Å²) in [4.78, 5) is 4.18. The van der Waals surface area contributed by atoms with E-state index in [0.29, 0.717) is 5.82 Å². The summed E-state index contributed by atoms with van der Waals surface area (Å²) in [5, 5.41) is 12.5. The highest BCUT2D eigenvalue weighted by atomic mass is 32.2. The lowest BCUT2D eigenvalue weighted by Crippen LogP contribution is -2.29.